The predicted octanol–water partition coefficient (Wildman–Crippen LogP) is 5.00. The molecule has 0 radical (unpaired) electrons. The van der Waals surface area contributed by atoms with Crippen LogP contribution >= 0.6 is 11.3 Å². The normalized spacial score (nSPS) is 11.0. The molecule has 2 amide bonds. The first-order chi connectivity index (χ1) is 17.6. The van der Waals surface area contributed by atoms with Crippen LogP contribution in [0, 0.1) is 6.92 Å². The molecular weight excluding hydrogens is 486 g/mol. The van der Waals surface area contributed by atoms with E-state index in [2.05, 4.69) is 43.5 Å². The van der Waals surface area contributed by atoms with Crippen LogP contribution in [0.25, 0.3) is 21.8 Å². The number of aromatic nitrogens is 4. The highest BCUT2D eigenvalue weighted by atomic mass is 32.1. The van der Waals surface area contributed by atoms with E-state index in [0.29, 0.717) is 22.1 Å². The van der Waals surface area contributed by atoms with E-state index in [1.54, 1.807) is 17.1 Å². The van der Waals surface area contributed by atoms with Gasteiger partial charge in [0.15, 0.2) is 5.13 Å². The monoisotopic (exact) mass is 515 g/mol. The van der Waals surface area contributed by atoms with Crippen LogP contribution in [0.2, 0.25) is 0 Å². The number of hydrogen-bond donors (Lipinski definition) is 2. The summed E-state index contributed by atoms with van der Waals surface area (Å²) in [5.41, 5.74) is 6.48. The lowest BCUT2D eigenvalue weighted by molar-refractivity contribution is -0.114. The number of thiazole rings is 1. The van der Waals surface area contributed by atoms with Crippen molar-refractivity contribution < 1.29 is 9.59 Å². The van der Waals surface area contributed by atoms with Gasteiger partial charge in [0.2, 0.25) is 5.91 Å². The average molecular weight is 516 g/mol. The molecule has 2 heterocycles. The van der Waals surface area contributed by atoms with E-state index in [1.807, 2.05) is 58.3 Å². The largest absolute Gasteiger partial charge is 0.322 e. The maximum atomic E-state index is 13.2. The van der Waals surface area contributed by atoms with E-state index in [0.717, 1.165) is 39.4 Å². The fourth-order valence-electron chi connectivity index (χ4n) is 3.76. The number of amides is 2. The molecule has 4 aromatic rings. The molecule has 4 rings (SSSR count). The summed E-state index contributed by atoms with van der Waals surface area (Å²) in [4.78, 5) is 31.5. The van der Waals surface area contributed by atoms with E-state index in [1.165, 1.54) is 18.3 Å². The van der Waals surface area contributed by atoms with Crippen LogP contribution in [0.1, 0.15) is 40.9 Å². The predicted molar refractivity (Wildman–Crippen MR) is 148 cm³/mol. The fraction of sp³-hybridized carbons (Fsp3) is 0.222. The highest BCUT2D eigenvalue weighted by Crippen LogP contribution is 2.28. The van der Waals surface area contributed by atoms with Crippen LogP contribution in [-0.2, 0) is 11.3 Å². The van der Waals surface area contributed by atoms with Gasteiger partial charge in [0.25, 0.3) is 5.91 Å². The molecule has 2 N–H and O–H groups in total. The number of nitrogens with one attached hydrogen (secondary N) is 2. The molecule has 0 saturated heterocycles. The fourth-order valence-corrected chi connectivity index (χ4v) is 4.57. The smallest absolute Gasteiger partial charge is 0.255 e. The lowest BCUT2D eigenvalue weighted by Gasteiger charge is -2.14. The third kappa shape index (κ3) is 6.35. The van der Waals surface area contributed by atoms with Crippen LogP contribution in [0.15, 0.2) is 55.4 Å². The van der Waals surface area contributed by atoms with Crippen molar-refractivity contribution in [2.45, 2.75) is 27.3 Å². The molecule has 0 spiro atoms. The summed E-state index contributed by atoms with van der Waals surface area (Å²) in [6.45, 7) is 10.1. The second-order valence-corrected chi connectivity index (χ2v) is 10.2. The number of benzene rings is 2. The topological polar surface area (TPSA) is 105 Å². The van der Waals surface area contributed by atoms with E-state index in [-0.39, 0.29) is 11.8 Å². The zero-order valence-electron chi connectivity index (χ0n) is 21.5. The van der Waals surface area contributed by atoms with Gasteiger partial charge in [0.1, 0.15) is 5.69 Å². The Hall–Kier alpha value is -4.15. The van der Waals surface area contributed by atoms with Gasteiger partial charge in [-0.15, -0.1) is 5.10 Å². The molecule has 0 aliphatic carbocycles. The number of allylic oxidation sites excluding steroid dienone is 1. The molecule has 0 saturated carbocycles. The Morgan fingerprint density at radius 2 is 1.84 bits per heavy atom. The summed E-state index contributed by atoms with van der Waals surface area (Å²) in [5, 5.41) is 14.7. The van der Waals surface area contributed by atoms with Crippen molar-refractivity contribution in [2.24, 2.45) is 0 Å². The third-order valence-electron chi connectivity index (χ3n) is 5.49. The summed E-state index contributed by atoms with van der Waals surface area (Å²) in [6, 6.07) is 11.5. The number of carbonyl (C=O) groups excluding carboxylic acids is 2. The van der Waals surface area contributed by atoms with Crippen molar-refractivity contribution in [2.75, 3.05) is 24.7 Å². The Labute approximate surface area is 219 Å². The van der Waals surface area contributed by atoms with Crippen LogP contribution < -0.4 is 10.6 Å². The van der Waals surface area contributed by atoms with Gasteiger partial charge in [0.05, 0.1) is 16.8 Å². The minimum absolute atomic E-state index is 0.181. The van der Waals surface area contributed by atoms with Crippen LogP contribution in [0.5, 0.6) is 0 Å². The SMILES string of the molecule is C=C(C)c1cc(CN(C)C)cc(C(=O)Nc2ccc(C)c(-n3cc(-c4cnc(NC(C)=O)s4)nn3)c2)c1. The molecule has 9 nitrogen and oxygen atoms in total. The average Bonchev–Trinajstić information content (AvgIpc) is 3.49. The van der Waals surface area contributed by atoms with Crippen LogP contribution in [0.3, 0.4) is 0 Å². The molecule has 2 aromatic heterocycles. The number of aryl methyl sites for hydroxylation is 1. The number of rotatable bonds is 8. The lowest BCUT2D eigenvalue weighted by atomic mass is 10.0. The van der Waals surface area contributed by atoms with Gasteiger partial charge in [-0.2, -0.15) is 0 Å². The van der Waals surface area contributed by atoms with Crippen molar-refractivity contribution in [1.29, 1.82) is 0 Å². The highest BCUT2D eigenvalue weighted by molar-refractivity contribution is 7.19. The molecule has 0 aliphatic heterocycles. The molecule has 10 heteroatoms. The molecular formula is C27H29N7O2S. The molecule has 0 aliphatic rings. The van der Waals surface area contributed by atoms with Gasteiger partial charge < -0.3 is 15.5 Å². The summed E-state index contributed by atoms with van der Waals surface area (Å²) in [5.74, 6) is -0.383. The Bertz CT molecular complexity index is 1490. The Morgan fingerprint density at radius 1 is 1.08 bits per heavy atom. The summed E-state index contributed by atoms with van der Waals surface area (Å²) >= 11 is 1.32. The van der Waals surface area contributed by atoms with E-state index in [9.17, 15) is 9.59 Å². The summed E-state index contributed by atoms with van der Waals surface area (Å²) in [7, 11) is 3.99. The van der Waals surface area contributed by atoms with Crippen molar-refractivity contribution in [3.8, 4) is 16.3 Å². The minimum Gasteiger partial charge on any atom is -0.322 e. The first-order valence-corrected chi connectivity index (χ1v) is 12.4. The zero-order chi connectivity index (χ0) is 26.7. The second kappa shape index (κ2) is 10.9. The first kappa shape index (κ1) is 25.9. The standard InChI is InChI=1S/C27H29N7O2S/c1-16(2)20-9-19(14-33(5)6)10-21(11-20)26(36)30-22-8-7-17(3)24(12-22)34-15-23(31-32-34)25-13-28-27(37-25)29-18(4)35/h7-13,15H,1,14H2,2-6H3,(H,30,36)(H,28,29,35). The number of anilines is 2. The van der Waals surface area contributed by atoms with E-state index in [4.69, 9.17) is 0 Å². The highest BCUT2D eigenvalue weighted by Gasteiger charge is 2.14. The number of nitrogens with zero attached hydrogens (tertiary/aromatic N) is 5. The molecule has 190 valence electrons. The summed E-state index contributed by atoms with van der Waals surface area (Å²) in [6.07, 6.45) is 3.44. The van der Waals surface area contributed by atoms with E-state index < -0.39 is 0 Å². The maximum absolute atomic E-state index is 13.2. The van der Waals surface area contributed by atoms with Gasteiger partial charge in [-0.1, -0.05) is 40.8 Å². The minimum atomic E-state index is -0.202. The molecule has 0 unspecified atom stereocenters. The van der Waals surface area contributed by atoms with Gasteiger partial charge in [0, 0.05) is 30.9 Å². The third-order valence-corrected chi connectivity index (χ3v) is 6.43. The van der Waals surface area contributed by atoms with Gasteiger partial charge in [-0.25, -0.2) is 9.67 Å². The molecule has 0 fully saturated rings. The Balaban J connectivity index is 1.58. The van der Waals surface area contributed by atoms with Crippen molar-refractivity contribution in [3.05, 3.63) is 77.6 Å². The van der Waals surface area contributed by atoms with E-state index >= 15 is 0 Å². The zero-order valence-corrected chi connectivity index (χ0v) is 22.3. The summed E-state index contributed by atoms with van der Waals surface area (Å²) < 4.78 is 1.66. The van der Waals surface area contributed by atoms with Crippen LogP contribution in [0.4, 0.5) is 10.8 Å². The van der Waals surface area contributed by atoms with Crippen LogP contribution in [-0.4, -0.2) is 50.8 Å². The van der Waals surface area contributed by atoms with Crippen molar-refractivity contribution >= 4 is 39.5 Å². The van der Waals surface area contributed by atoms with Gasteiger partial charge >= 0.3 is 0 Å². The molecule has 2 aromatic carbocycles. The van der Waals surface area contributed by atoms with Gasteiger partial charge in [-0.05, 0) is 68.9 Å². The molecule has 0 atom stereocenters. The quantitative estimate of drug-likeness (QED) is 0.342. The number of carbonyl (C=O) groups is 2. The number of hydrogen-bond acceptors (Lipinski definition) is 7. The van der Waals surface area contributed by atoms with Crippen molar-refractivity contribution in [1.82, 2.24) is 24.9 Å². The molecule has 0 bridgehead atoms. The lowest BCUT2D eigenvalue weighted by Crippen LogP contribution is -2.15. The molecule has 37 heavy (non-hydrogen) atoms. The van der Waals surface area contributed by atoms with Gasteiger partial charge in [-0.3, -0.25) is 9.59 Å². The second-order valence-electron chi connectivity index (χ2n) is 9.15. The Morgan fingerprint density at radius 3 is 2.54 bits per heavy atom. The van der Waals surface area contributed by atoms with Crippen molar-refractivity contribution in [3.63, 3.8) is 0 Å². The maximum Gasteiger partial charge on any atom is 0.255 e. The Kier molecular flexibility index (Phi) is 7.61. The first-order valence-electron chi connectivity index (χ1n) is 11.6.